The summed E-state index contributed by atoms with van der Waals surface area (Å²) in [7, 11) is 1.37. The highest BCUT2D eigenvalue weighted by molar-refractivity contribution is 7.99. The molecule has 22 heavy (non-hydrogen) atoms. The molecule has 1 atom stereocenters. The van der Waals surface area contributed by atoms with Gasteiger partial charge in [-0.15, -0.1) is 11.8 Å². The van der Waals surface area contributed by atoms with Crippen LogP contribution < -0.4 is 5.32 Å². The van der Waals surface area contributed by atoms with Gasteiger partial charge in [-0.1, -0.05) is 25.0 Å². The first-order valence-corrected chi connectivity index (χ1v) is 8.74. The molecule has 1 aliphatic rings. The van der Waals surface area contributed by atoms with Crippen molar-refractivity contribution < 1.29 is 14.3 Å². The number of methoxy groups -OCH3 is 1. The number of nitrogens with one attached hydrogen (secondary N) is 1. The van der Waals surface area contributed by atoms with Gasteiger partial charge in [0.05, 0.1) is 17.9 Å². The summed E-state index contributed by atoms with van der Waals surface area (Å²) in [5.74, 6) is 0.548. The zero-order valence-corrected chi connectivity index (χ0v) is 13.9. The average Bonchev–Trinajstić information content (AvgIpc) is 3.05. The highest BCUT2D eigenvalue weighted by Gasteiger charge is 2.20. The fourth-order valence-corrected chi connectivity index (χ4v) is 3.39. The lowest BCUT2D eigenvalue weighted by atomic mass is 10.1. The van der Waals surface area contributed by atoms with Gasteiger partial charge in [-0.3, -0.25) is 4.79 Å². The Bertz CT molecular complexity index is 509. The van der Waals surface area contributed by atoms with Gasteiger partial charge in [0.25, 0.3) is 0 Å². The Balaban J connectivity index is 1.78. The lowest BCUT2D eigenvalue weighted by molar-refractivity contribution is -0.120. The minimum atomic E-state index is -0.330. The molecular weight excluding hydrogens is 298 g/mol. The van der Waals surface area contributed by atoms with Gasteiger partial charge in [0, 0.05) is 11.8 Å². The molecule has 1 N–H and O–H groups in total. The van der Waals surface area contributed by atoms with Gasteiger partial charge in [0.1, 0.15) is 0 Å². The molecule has 0 spiro atoms. The summed E-state index contributed by atoms with van der Waals surface area (Å²) in [6.45, 7) is 1.94. The number of esters is 1. The van der Waals surface area contributed by atoms with Crippen LogP contribution in [0.5, 0.6) is 0 Å². The van der Waals surface area contributed by atoms with E-state index >= 15 is 0 Å². The van der Waals surface area contributed by atoms with E-state index in [1.54, 1.807) is 23.9 Å². The van der Waals surface area contributed by atoms with Gasteiger partial charge >= 0.3 is 5.97 Å². The van der Waals surface area contributed by atoms with Crippen molar-refractivity contribution in [3.8, 4) is 0 Å². The topological polar surface area (TPSA) is 55.4 Å². The first-order chi connectivity index (χ1) is 10.6. The number of amides is 1. The van der Waals surface area contributed by atoms with Gasteiger partial charge in [0.2, 0.25) is 5.91 Å². The first kappa shape index (κ1) is 16.9. The summed E-state index contributed by atoms with van der Waals surface area (Å²) in [6.07, 6.45) is 4.66. The summed E-state index contributed by atoms with van der Waals surface area (Å²) < 4.78 is 4.67. The van der Waals surface area contributed by atoms with Crippen molar-refractivity contribution in [2.24, 2.45) is 0 Å². The van der Waals surface area contributed by atoms with Crippen LogP contribution in [0.15, 0.2) is 24.3 Å². The summed E-state index contributed by atoms with van der Waals surface area (Å²) in [5.41, 5.74) is 1.64. The molecule has 0 aromatic heterocycles. The maximum absolute atomic E-state index is 12.1. The van der Waals surface area contributed by atoms with Crippen LogP contribution in [0.3, 0.4) is 0 Å². The predicted octanol–water partition coefficient (Wildman–Crippen LogP) is 3.15. The normalized spacial score (nSPS) is 16.3. The number of thioether (sulfide) groups is 1. The number of carbonyl (C=O) groups excluding carboxylic acids is 2. The summed E-state index contributed by atoms with van der Waals surface area (Å²) >= 11 is 1.61. The van der Waals surface area contributed by atoms with Crippen LogP contribution in [0.25, 0.3) is 0 Å². The Kier molecular flexibility index (Phi) is 6.31. The van der Waals surface area contributed by atoms with Gasteiger partial charge in [-0.05, 0) is 37.5 Å². The second-order valence-corrected chi connectivity index (χ2v) is 6.96. The molecule has 1 aromatic rings. The van der Waals surface area contributed by atoms with Crippen molar-refractivity contribution in [3.63, 3.8) is 0 Å². The molecule has 1 amide bonds. The van der Waals surface area contributed by atoms with E-state index < -0.39 is 0 Å². The van der Waals surface area contributed by atoms with Crippen LogP contribution in [-0.2, 0) is 15.3 Å². The quantitative estimate of drug-likeness (QED) is 0.818. The van der Waals surface area contributed by atoms with E-state index in [1.165, 1.54) is 20.0 Å². The average molecular weight is 321 g/mol. The lowest BCUT2D eigenvalue weighted by Crippen LogP contribution is -2.37. The predicted molar refractivity (Wildman–Crippen MR) is 88.9 cm³/mol. The van der Waals surface area contributed by atoms with Crippen molar-refractivity contribution in [1.29, 1.82) is 0 Å². The third-order valence-electron chi connectivity index (χ3n) is 3.95. The van der Waals surface area contributed by atoms with Crippen molar-refractivity contribution >= 4 is 23.6 Å². The molecular formula is C17H23NO3S. The summed E-state index contributed by atoms with van der Waals surface area (Å²) in [5, 5.41) is 3.06. The van der Waals surface area contributed by atoms with E-state index in [1.807, 2.05) is 19.1 Å². The summed E-state index contributed by atoms with van der Waals surface area (Å²) in [4.78, 5) is 23.5. The van der Waals surface area contributed by atoms with Crippen LogP contribution in [0.2, 0.25) is 0 Å². The Morgan fingerprint density at radius 3 is 2.50 bits per heavy atom. The summed E-state index contributed by atoms with van der Waals surface area (Å²) in [6, 6.07) is 7.69. The number of hydrogen-bond donors (Lipinski definition) is 1. The zero-order chi connectivity index (χ0) is 15.9. The molecule has 0 heterocycles. The standard InChI is InChI=1S/C17H23NO3S/c1-12(16(19)18-15-5-3-4-6-15)22-11-13-7-9-14(10-8-13)17(20)21-2/h7-10,12,15H,3-6,11H2,1-2H3,(H,18,19). The lowest BCUT2D eigenvalue weighted by Gasteiger charge is -2.16. The van der Waals surface area contributed by atoms with Gasteiger partial charge < -0.3 is 10.1 Å². The molecule has 1 aromatic carbocycles. The van der Waals surface area contributed by atoms with Gasteiger partial charge in [-0.25, -0.2) is 4.79 Å². The number of ether oxygens (including phenoxy) is 1. The number of rotatable bonds is 6. The highest BCUT2D eigenvalue weighted by atomic mass is 32.2. The minimum Gasteiger partial charge on any atom is -0.465 e. The van der Waals surface area contributed by atoms with Crippen LogP contribution in [0.4, 0.5) is 0 Å². The molecule has 0 bridgehead atoms. The van der Waals surface area contributed by atoms with Gasteiger partial charge in [0.15, 0.2) is 0 Å². The molecule has 1 fully saturated rings. The third-order valence-corrected chi connectivity index (χ3v) is 5.16. The van der Waals surface area contributed by atoms with Crippen LogP contribution in [0.1, 0.15) is 48.5 Å². The molecule has 5 heteroatoms. The van der Waals surface area contributed by atoms with Crippen LogP contribution in [-0.4, -0.2) is 30.3 Å². The Morgan fingerprint density at radius 1 is 1.27 bits per heavy atom. The van der Waals surface area contributed by atoms with Crippen LogP contribution in [0, 0.1) is 0 Å². The van der Waals surface area contributed by atoms with E-state index in [0.717, 1.165) is 24.2 Å². The van der Waals surface area contributed by atoms with Gasteiger partial charge in [-0.2, -0.15) is 0 Å². The largest absolute Gasteiger partial charge is 0.465 e. The van der Waals surface area contributed by atoms with Crippen molar-refractivity contribution in [1.82, 2.24) is 5.32 Å². The number of carbonyl (C=O) groups is 2. The zero-order valence-electron chi connectivity index (χ0n) is 13.1. The van der Waals surface area contributed by atoms with Crippen molar-refractivity contribution in [2.75, 3.05) is 7.11 Å². The Labute approximate surface area is 136 Å². The van der Waals surface area contributed by atoms with E-state index in [2.05, 4.69) is 10.1 Å². The number of benzene rings is 1. The molecule has 1 unspecified atom stereocenters. The SMILES string of the molecule is COC(=O)c1ccc(CSC(C)C(=O)NC2CCCC2)cc1. The molecule has 4 nitrogen and oxygen atoms in total. The van der Waals surface area contributed by atoms with E-state index in [9.17, 15) is 9.59 Å². The molecule has 0 aliphatic heterocycles. The third kappa shape index (κ3) is 4.77. The van der Waals surface area contributed by atoms with E-state index in [0.29, 0.717) is 11.6 Å². The minimum absolute atomic E-state index is 0.0686. The molecule has 0 radical (unpaired) electrons. The fourth-order valence-electron chi connectivity index (χ4n) is 2.54. The molecule has 1 aliphatic carbocycles. The Hall–Kier alpha value is -1.49. The Morgan fingerprint density at radius 2 is 1.91 bits per heavy atom. The molecule has 2 rings (SSSR count). The highest BCUT2D eigenvalue weighted by Crippen LogP contribution is 2.21. The number of hydrogen-bond acceptors (Lipinski definition) is 4. The second kappa shape index (κ2) is 8.22. The maximum Gasteiger partial charge on any atom is 0.337 e. The first-order valence-electron chi connectivity index (χ1n) is 7.69. The van der Waals surface area contributed by atoms with E-state index in [-0.39, 0.29) is 17.1 Å². The smallest absolute Gasteiger partial charge is 0.337 e. The van der Waals surface area contributed by atoms with Crippen molar-refractivity contribution in [2.45, 2.75) is 49.7 Å². The molecule has 0 saturated heterocycles. The van der Waals surface area contributed by atoms with Crippen molar-refractivity contribution in [3.05, 3.63) is 35.4 Å². The maximum atomic E-state index is 12.1. The second-order valence-electron chi connectivity index (χ2n) is 5.63. The monoisotopic (exact) mass is 321 g/mol. The molecule has 1 saturated carbocycles. The fraction of sp³-hybridized carbons (Fsp3) is 0.529. The molecule has 120 valence electrons. The van der Waals surface area contributed by atoms with Crippen LogP contribution >= 0.6 is 11.8 Å². The van der Waals surface area contributed by atoms with E-state index in [4.69, 9.17) is 0 Å².